The van der Waals surface area contributed by atoms with Gasteiger partial charge in [-0.1, -0.05) is 31.5 Å². The maximum Gasteiger partial charge on any atom is 0.137 e. The molecule has 2 N–H and O–H groups in total. The van der Waals surface area contributed by atoms with Crippen molar-refractivity contribution in [3.8, 4) is 5.75 Å². The number of benzene rings is 1. The molecule has 0 radical (unpaired) electrons. The highest BCUT2D eigenvalue weighted by molar-refractivity contribution is 6.32. The smallest absolute Gasteiger partial charge is 0.137 e. The predicted octanol–water partition coefficient (Wildman–Crippen LogP) is 3.47. The second-order valence-corrected chi connectivity index (χ2v) is 5.48. The van der Waals surface area contributed by atoms with Gasteiger partial charge in [-0.2, -0.15) is 0 Å². The Morgan fingerprint density at radius 3 is 2.32 bits per heavy atom. The lowest BCUT2D eigenvalue weighted by atomic mass is 9.80. The van der Waals surface area contributed by atoms with Crippen molar-refractivity contribution in [2.75, 3.05) is 21.2 Å². The molecule has 108 valence electrons. The number of likely N-dealkylation sites (N-methyl/N-ethyl adjacent to an activating group) is 1. The minimum absolute atomic E-state index is 0.0567. The Balaban J connectivity index is 3.20. The number of nitrogens with zero attached hydrogens (tertiary/aromatic N) is 1. The molecule has 0 saturated carbocycles. The minimum Gasteiger partial charge on any atom is -0.495 e. The van der Waals surface area contributed by atoms with Crippen molar-refractivity contribution in [3.05, 3.63) is 28.8 Å². The lowest BCUT2D eigenvalue weighted by molar-refractivity contribution is 0.106. The predicted molar refractivity (Wildman–Crippen MR) is 81.9 cm³/mol. The fourth-order valence-electron chi connectivity index (χ4n) is 2.78. The summed E-state index contributed by atoms with van der Waals surface area (Å²) in [6, 6.07) is 5.69. The Labute approximate surface area is 121 Å². The second-order valence-electron chi connectivity index (χ2n) is 5.08. The van der Waals surface area contributed by atoms with Gasteiger partial charge in [-0.15, -0.1) is 0 Å². The summed E-state index contributed by atoms with van der Waals surface area (Å²) in [5, 5.41) is 0.613. The van der Waals surface area contributed by atoms with Gasteiger partial charge >= 0.3 is 0 Å². The van der Waals surface area contributed by atoms with Gasteiger partial charge in [0.25, 0.3) is 0 Å². The molecule has 0 aliphatic carbocycles. The maximum atomic E-state index is 6.53. The summed E-state index contributed by atoms with van der Waals surface area (Å²) < 4.78 is 5.28. The SMILES string of the molecule is CCC(CC)(C(N)c1ccc(Cl)c(OC)c1)N(C)C. The van der Waals surface area contributed by atoms with Crippen LogP contribution >= 0.6 is 11.6 Å². The summed E-state index contributed by atoms with van der Waals surface area (Å²) >= 11 is 6.07. The summed E-state index contributed by atoms with van der Waals surface area (Å²) in [5.41, 5.74) is 7.53. The van der Waals surface area contributed by atoms with Crippen LogP contribution in [0.5, 0.6) is 5.75 Å². The van der Waals surface area contributed by atoms with E-state index in [-0.39, 0.29) is 11.6 Å². The Hall–Kier alpha value is -0.770. The zero-order valence-electron chi connectivity index (χ0n) is 12.5. The van der Waals surface area contributed by atoms with Crippen molar-refractivity contribution in [3.63, 3.8) is 0 Å². The second kappa shape index (κ2) is 6.60. The van der Waals surface area contributed by atoms with Crippen LogP contribution in [0.15, 0.2) is 18.2 Å². The molecule has 4 heteroatoms. The molecule has 19 heavy (non-hydrogen) atoms. The number of nitrogens with two attached hydrogens (primary N) is 1. The van der Waals surface area contributed by atoms with E-state index in [2.05, 4.69) is 32.8 Å². The number of halogens is 1. The first-order valence-corrected chi connectivity index (χ1v) is 7.07. The molecule has 0 aromatic heterocycles. The molecule has 0 fully saturated rings. The van der Waals surface area contributed by atoms with Gasteiger partial charge < -0.3 is 15.4 Å². The standard InChI is InChI=1S/C15H25ClN2O/c1-6-15(7-2,18(3)4)14(17)11-8-9-12(16)13(10-11)19-5/h8-10,14H,6-7,17H2,1-5H3. The van der Waals surface area contributed by atoms with Crippen molar-refractivity contribution in [2.45, 2.75) is 38.3 Å². The normalized spacial score (nSPS) is 13.7. The number of rotatable bonds is 6. The fourth-order valence-corrected chi connectivity index (χ4v) is 2.98. The monoisotopic (exact) mass is 284 g/mol. The van der Waals surface area contributed by atoms with E-state index < -0.39 is 0 Å². The van der Waals surface area contributed by atoms with E-state index >= 15 is 0 Å². The highest BCUT2D eigenvalue weighted by atomic mass is 35.5. The van der Waals surface area contributed by atoms with Crippen LogP contribution in [0.2, 0.25) is 5.02 Å². The first-order valence-electron chi connectivity index (χ1n) is 6.69. The van der Waals surface area contributed by atoms with Crippen molar-refractivity contribution in [1.82, 2.24) is 4.90 Å². The zero-order valence-corrected chi connectivity index (χ0v) is 13.3. The molecule has 1 aromatic rings. The molecule has 1 rings (SSSR count). The van der Waals surface area contributed by atoms with Crippen molar-refractivity contribution >= 4 is 11.6 Å². The molecule has 0 saturated heterocycles. The number of methoxy groups -OCH3 is 1. The summed E-state index contributed by atoms with van der Waals surface area (Å²) in [4.78, 5) is 2.22. The van der Waals surface area contributed by atoms with Crippen molar-refractivity contribution in [2.24, 2.45) is 5.73 Å². The van der Waals surface area contributed by atoms with Crippen LogP contribution in [0.3, 0.4) is 0 Å². The summed E-state index contributed by atoms with van der Waals surface area (Å²) in [6.07, 6.45) is 1.98. The molecular formula is C15H25ClN2O. The van der Waals surface area contributed by atoms with E-state index in [9.17, 15) is 0 Å². The first-order chi connectivity index (χ1) is 8.92. The van der Waals surface area contributed by atoms with Crippen molar-refractivity contribution < 1.29 is 4.74 Å². The molecule has 1 aromatic carbocycles. The fraction of sp³-hybridized carbons (Fsp3) is 0.600. The Morgan fingerprint density at radius 2 is 1.89 bits per heavy atom. The number of hydrogen-bond acceptors (Lipinski definition) is 3. The van der Waals surface area contributed by atoms with Crippen LogP contribution in [0.1, 0.15) is 38.3 Å². The van der Waals surface area contributed by atoms with Crippen LogP contribution in [-0.2, 0) is 0 Å². The topological polar surface area (TPSA) is 38.5 Å². The van der Waals surface area contributed by atoms with Gasteiger partial charge in [-0.25, -0.2) is 0 Å². The van der Waals surface area contributed by atoms with Crippen LogP contribution in [0.4, 0.5) is 0 Å². The van der Waals surface area contributed by atoms with Gasteiger partial charge in [0, 0.05) is 11.6 Å². The van der Waals surface area contributed by atoms with Crippen molar-refractivity contribution in [1.29, 1.82) is 0 Å². The molecule has 0 aliphatic heterocycles. The van der Waals surface area contributed by atoms with E-state index in [1.165, 1.54) is 0 Å². The number of ether oxygens (including phenoxy) is 1. The third-order valence-electron chi connectivity index (χ3n) is 4.23. The van der Waals surface area contributed by atoms with Crippen LogP contribution < -0.4 is 10.5 Å². The quantitative estimate of drug-likeness (QED) is 0.869. The van der Waals surface area contributed by atoms with E-state index in [0.717, 1.165) is 18.4 Å². The molecule has 0 aliphatic rings. The highest BCUT2D eigenvalue weighted by Gasteiger charge is 2.36. The molecule has 1 atom stereocenters. The molecule has 1 unspecified atom stereocenters. The molecule has 0 amide bonds. The molecular weight excluding hydrogens is 260 g/mol. The third-order valence-corrected chi connectivity index (χ3v) is 4.54. The van der Waals surface area contributed by atoms with Gasteiger partial charge in [0.15, 0.2) is 0 Å². The average Bonchev–Trinajstić information content (AvgIpc) is 2.40. The third kappa shape index (κ3) is 3.04. The molecule has 0 bridgehead atoms. The highest BCUT2D eigenvalue weighted by Crippen LogP contribution is 2.36. The average molecular weight is 285 g/mol. The summed E-state index contributed by atoms with van der Waals surface area (Å²) in [6.45, 7) is 4.35. The molecule has 0 spiro atoms. The van der Waals surface area contributed by atoms with E-state index in [4.69, 9.17) is 22.1 Å². The van der Waals surface area contributed by atoms with E-state index in [0.29, 0.717) is 10.8 Å². The van der Waals surface area contributed by atoms with Crippen LogP contribution in [-0.4, -0.2) is 31.6 Å². The Morgan fingerprint density at radius 1 is 1.32 bits per heavy atom. The van der Waals surface area contributed by atoms with Gasteiger partial charge in [-0.3, -0.25) is 0 Å². The lowest BCUT2D eigenvalue weighted by Crippen LogP contribution is -2.51. The summed E-state index contributed by atoms with van der Waals surface area (Å²) in [5.74, 6) is 0.675. The largest absolute Gasteiger partial charge is 0.495 e. The van der Waals surface area contributed by atoms with Gasteiger partial charge in [0.05, 0.1) is 12.1 Å². The van der Waals surface area contributed by atoms with Gasteiger partial charge in [0.2, 0.25) is 0 Å². The van der Waals surface area contributed by atoms with Crippen LogP contribution in [0.25, 0.3) is 0 Å². The maximum absolute atomic E-state index is 6.53. The Bertz CT molecular complexity index is 417. The Kier molecular flexibility index (Phi) is 5.65. The van der Waals surface area contributed by atoms with Crippen LogP contribution in [0, 0.1) is 0 Å². The first kappa shape index (κ1) is 16.3. The lowest BCUT2D eigenvalue weighted by Gasteiger charge is -2.43. The zero-order chi connectivity index (χ0) is 14.6. The van der Waals surface area contributed by atoms with E-state index in [1.807, 2.05) is 18.2 Å². The van der Waals surface area contributed by atoms with Gasteiger partial charge in [-0.05, 0) is 44.6 Å². The molecule has 3 nitrogen and oxygen atoms in total. The van der Waals surface area contributed by atoms with E-state index in [1.54, 1.807) is 7.11 Å². The number of hydrogen-bond donors (Lipinski definition) is 1. The molecule has 0 heterocycles. The summed E-state index contributed by atoms with van der Waals surface area (Å²) in [7, 11) is 5.79. The minimum atomic E-state index is -0.0799. The van der Waals surface area contributed by atoms with Gasteiger partial charge in [0.1, 0.15) is 5.75 Å².